The van der Waals surface area contributed by atoms with Crippen molar-refractivity contribution in [3.05, 3.63) is 118 Å². The summed E-state index contributed by atoms with van der Waals surface area (Å²) >= 11 is 0. The number of amides is 1. The fraction of sp³-hybridized carbons (Fsp3) is 0.278. The molecule has 4 rings (SSSR count). The Balaban J connectivity index is 1.77. The molecule has 44 heavy (non-hydrogen) atoms. The van der Waals surface area contributed by atoms with Crippen LogP contribution in [0.25, 0.3) is 11.1 Å². The third-order valence-corrected chi connectivity index (χ3v) is 7.90. The van der Waals surface area contributed by atoms with Crippen LogP contribution >= 0.6 is 0 Å². The predicted octanol–water partition coefficient (Wildman–Crippen LogP) is 7.03. The second-order valence-electron chi connectivity index (χ2n) is 10.9. The van der Waals surface area contributed by atoms with E-state index in [1.165, 1.54) is 12.1 Å². The maximum atomic E-state index is 14.1. The molecular weight excluding hydrogens is 558 g/mol. The number of likely N-dealkylation sites (N-methyl/N-ethyl adjacent to an activating group) is 2. The lowest BCUT2D eigenvalue weighted by Gasteiger charge is -2.23. The molecule has 0 radical (unpaired) electrons. The van der Waals surface area contributed by atoms with Crippen molar-refractivity contribution >= 4 is 17.4 Å². The lowest BCUT2D eigenvalue weighted by Crippen LogP contribution is -2.30. The van der Waals surface area contributed by atoms with Gasteiger partial charge in [-0.15, -0.1) is 0 Å². The summed E-state index contributed by atoms with van der Waals surface area (Å²) in [5.41, 5.74) is 12.4. The summed E-state index contributed by atoms with van der Waals surface area (Å²) in [7, 11) is 1.91. The lowest BCUT2D eigenvalue weighted by molar-refractivity contribution is 0.100. The molecule has 8 heteroatoms. The van der Waals surface area contributed by atoms with Crippen LogP contribution in [0.4, 0.5) is 14.5 Å². The van der Waals surface area contributed by atoms with Crippen molar-refractivity contribution in [1.82, 2.24) is 5.32 Å². The number of nitrogens with one attached hydrogen (secondary N) is 1. The molecule has 1 atom stereocenters. The van der Waals surface area contributed by atoms with Crippen LogP contribution in [0.2, 0.25) is 0 Å². The Kier molecular flexibility index (Phi) is 10.8. The molecule has 4 N–H and O–H groups in total. The van der Waals surface area contributed by atoms with Crippen molar-refractivity contribution in [2.24, 2.45) is 10.7 Å². The smallest absolute Gasteiger partial charge is 0.278 e. The SMILES string of the molecule is CCC(C)c1cc(-c2ccc(O)cc2)c(Cc2cc(F)cc(F)c2)cc1C(N)=NC(=O)c1ccc(N(CC)CCNC)cc1. The molecule has 0 aliphatic carbocycles. The predicted molar refractivity (Wildman–Crippen MR) is 175 cm³/mol. The second kappa shape index (κ2) is 14.8. The monoisotopic (exact) mass is 598 g/mol. The molecule has 1 unspecified atom stereocenters. The minimum atomic E-state index is -0.663. The number of nitrogens with two attached hydrogens (primary N) is 1. The molecule has 0 aromatic heterocycles. The number of rotatable bonds is 12. The van der Waals surface area contributed by atoms with E-state index in [4.69, 9.17) is 5.73 Å². The van der Waals surface area contributed by atoms with Gasteiger partial charge >= 0.3 is 0 Å². The van der Waals surface area contributed by atoms with Crippen LogP contribution in [0, 0.1) is 11.6 Å². The van der Waals surface area contributed by atoms with E-state index in [9.17, 15) is 18.7 Å². The average Bonchev–Trinajstić information content (AvgIpc) is 3.01. The first-order valence-electron chi connectivity index (χ1n) is 14.9. The number of carbonyl (C=O) groups excluding carboxylic acids is 1. The maximum absolute atomic E-state index is 14.1. The quantitative estimate of drug-likeness (QED) is 0.120. The molecule has 0 spiro atoms. The Labute approximate surface area is 258 Å². The zero-order valence-corrected chi connectivity index (χ0v) is 25.7. The molecule has 0 heterocycles. The maximum Gasteiger partial charge on any atom is 0.278 e. The van der Waals surface area contributed by atoms with E-state index in [0.29, 0.717) is 16.7 Å². The number of anilines is 1. The highest BCUT2D eigenvalue weighted by atomic mass is 19.1. The number of benzene rings is 4. The molecule has 0 fully saturated rings. The molecular formula is C36H40F2N4O2. The fourth-order valence-corrected chi connectivity index (χ4v) is 5.27. The van der Waals surface area contributed by atoms with Gasteiger partial charge in [-0.2, -0.15) is 4.99 Å². The number of aromatic hydroxyl groups is 1. The van der Waals surface area contributed by atoms with E-state index in [1.54, 1.807) is 36.4 Å². The van der Waals surface area contributed by atoms with Gasteiger partial charge in [0.2, 0.25) is 0 Å². The number of halogens is 2. The zero-order valence-electron chi connectivity index (χ0n) is 25.7. The number of aliphatic imine (C=N–C) groups is 1. The molecule has 1 amide bonds. The van der Waals surface area contributed by atoms with Gasteiger partial charge in [0.25, 0.3) is 5.91 Å². The normalized spacial score (nSPS) is 12.3. The number of carbonyl (C=O) groups is 1. The van der Waals surface area contributed by atoms with Crippen molar-refractivity contribution in [1.29, 1.82) is 0 Å². The first-order chi connectivity index (χ1) is 21.1. The van der Waals surface area contributed by atoms with Gasteiger partial charge in [-0.1, -0.05) is 26.0 Å². The Morgan fingerprint density at radius 1 is 0.977 bits per heavy atom. The van der Waals surface area contributed by atoms with Crippen LogP contribution in [-0.2, 0) is 6.42 Å². The molecule has 4 aromatic rings. The summed E-state index contributed by atoms with van der Waals surface area (Å²) in [4.78, 5) is 19.8. The Morgan fingerprint density at radius 3 is 2.23 bits per heavy atom. The summed E-state index contributed by atoms with van der Waals surface area (Å²) in [6.45, 7) is 8.74. The highest BCUT2D eigenvalue weighted by Gasteiger charge is 2.19. The van der Waals surface area contributed by atoms with E-state index in [2.05, 4.69) is 36.0 Å². The largest absolute Gasteiger partial charge is 0.508 e. The van der Waals surface area contributed by atoms with Gasteiger partial charge in [0.05, 0.1) is 0 Å². The van der Waals surface area contributed by atoms with Crippen molar-refractivity contribution in [2.45, 2.75) is 39.5 Å². The van der Waals surface area contributed by atoms with Gasteiger partial charge in [0, 0.05) is 42.5 Å². The van der Waals surface area contributed by atoms with E-state index in [-0.39, 0.29) is 23.9 Å². The second-order valence-corrected chi connectivity index (χ2v) is 10.9. The van der Waals surface area contributed by atoms with Crippen LogP contribution in [0.1, 0.15) is 65.7 Å². The van der Waals surface area contributed by atoms with Gasteiger partial charge in [-0.3, -0.25) is 4.79 Å². The molecule has 0 saturated heterocycles. The highest BCUT2D eigenvalue weighted by Crippen LogP contribution is 2.34. The van der Waals surface area contributed by atoms with E-state index < -0.39 is 17.5 Å². The van der Waals surface area contributed by atoms with Gasteiger partial charge in [-0.05, 0) is 121 Å². The standard InChI is InChI=1S/C36H40F2N4O2/c1-5-23(3)32-22-33(25-9-13-31(43)14-10-25)27(17-24-18-28(37)21-29(38)19-24)20-34(32)35(39)41-36(44)26-7-11-30(12-8-26)42(6-2)16-15-40-4/h7-14,18-23,40,43H,5-6,15-17H2,1-4H3,(H2,39,41,44). The number of phenols is 1. The molecule has 6 nitrogen and oxygen atoms in total. The topological polar surface area (TPSA) is 91.0 Å². The molecule has 0 aliphatic heterocycles. The minimum absolute atomic E-state index is 0.0716. The van der Waals surface area contributed by atoms with E-state index in [0.717, 1.165) is 60.1 Å². The van der Waals surface area contributed by atoms with Crippen LogP contribution < -0.4 is 16.0 Å². The Hall–Kier alpha value is -4.56. The van der Waals surface area contributed by atoms with Crippen LogP contribution in [0.15, 0.2) is 83.9 Å². The van der Waals surface area contributed by atoms with Gasteiger partial charge < -0.3 is 21.1 Å². The van der Waals surface area contributed by atoms with Crippen molar-refractivity contribution in [3.63, 3.8) is 0 Å². The third kappa shape index (κ3) is 7.88. The number of nitrogens with zero attached hydrogens (tertiary/aromatic N) is 2. The van der Waals surface area contributed by atoms with Gasteiger partial charge in [0.1, 0.15) is 23.2 Å². The first-order valence-corrected chi connectivity index (χ1v) is 14.9. The van der Waals surface area contributed by atoms with Crippen LogP contribution in [0.5, 0.6) is 5.75 Å². The molecule has 230 valence electrons. The van der Waals surface area contributed by atoms with E-state index in [1.807, 2.05) is 31.3 Å². The van der Waals surface area contributed by atoms with Crippen molar-refractivity contribution in [2.75, 3.05) is 31.6 Å². The molecule has 4 aromatic carbocycles. The van der Waals surface area contributed by atoms with Gasteiger partial charge in [-0.25, -0.2) is 8.78 Å². The molecule has 0 saturated carbocycles. The fourth-order valence-electron chi connectivity index (χ4n) is 5.27. The third-order valence-electron chi connectivity index (χ3n) is 7.90. The van der Waals surface area contributed by atoms with Crippen molar-refractivity contribution < 1.29 is 18.7 Å². The number of hydrogen-bond donors (Lipinski definition) is 3. The summed E-state index contributed by atoms with van der Waals surface area (Å²) in [5.74, 6) is -1.51. The number of hydrogen-bond acceptors (Lipinski definition) is 4. The van der Waals surface area contributed by atoms with Crippen molar-refractivity contribution in [3.8, 4) is 16.9 Å². The lowest BCUT2D eigenvalue weighted by atomic mass is 9.85. The highest BCUT2D eigenvalue weighted by molar-refractivity contribution is 6.10. The Morgan fingerprint density at radius 2 is 1.64 bits per heavy atom. The summed E-state index contributed by atoms with van der Waals surface area (Å²) in [5, 5.41) is 13.0. The number of amidine groups is 1. The molecule has 0 aliphatic rings. The minimum Gasteiger partial charge on any atom is -0.508 e. The molecule has 0 bridgehead atoms. The van der Waals surface area contributed by atoms with E-state index >= 15 is 0 Å². The summed E-state index contributed by atoms with van der Waals surface area (Å²) in [6.07, 6.45) is 1.02. The van der Waals surface area contributed by atoms with Crippen LogP contribution in [-0.4, -0.2) is 43.5 Å². The number of phenolic OH excluding ortho intramolecular Hbond substituents is 1. The summed E-state index contributed by atoms with van der Waals surface area (Å²) < 4.78 is 28.2. The summed E-state index contributed by atoms with van der Waals surface area (Å²) in [6, 6.07) is 21.4. The Bertz CT molecular complexity index is 1600. The average molecular weight is 599 g/mol. The first kappa shape index (κ1) is 32.4. The van der Waals surface area contributed by atoms with Gasteiger partial charge in [0.15, 0.2) is 0 Å². The zero-order chi connectivity index (χ0) is 31.8. The van der Waals surface area contributed by atoms with Crippen LogP contribution in [0.3, 0.4) is 0 Å².